The number of aryl methyl sites for hydroxylation is 1. The number of hydrogen-bond donors (Lipinski definition) is 1. The van der Waals surface area contributed by atoms with Crippen molar-refractivity contribution in [1.82, 2.24) is 5.32 Å². The molecule has 1 rings (SSSR count). The highest BCUT2D eigenvalue weighted by molar-refractivity contribution is 7.99. The van der Waals surface area contributed by atoms with Crippen molar-refractivity contribution in [2.75, 3.05) is 31.8 Å². The van der Waals surface area contributed by atoms with Gasteiger partial charge in [-0.25, -0.2) is 0 Å². The third-order valence-corrected chi connectivity index (χ3v) is 4.44. The van der Waals surface area contributed by atoms with Crippen LogP contribution in [0.15, 0.2) is 24.3 Å². The lowest BCUT2D eigenvalue weighted by atomic mass is 10.0. The largest absolute Gasteiger partial charge is 0.385 e. The van der Waals surface area contributed by atoms with Gasteiger partial charge in [-0.05, 0) is 36.3 Å². The molecule has 1 aromatic rings. The molecule has 0 spiro atoms. The van der Waals surface area contributed by atoms with Crippen LogP contribution >= 0.6 is 11.8 Å². The molecule has 0 aliphatic rings. The molecule has 20 heavy (non-hydrogen) atoms. The third-order valence-electron chi connectivity index (χ3n) is 3.29. The number of thioether (sulfide) groups is 1. The van der Waals surface area contributed by atoms with Gasteiger partial charge in [0.25, 0.3) is 0 Å². The van der Waals surface area contributed by atoms with Gasteiger partial charge in [0, 0.05) is 25.5 Å². The van der Waals surface area contributed by atoms with Crippen LogP contribution < -0.4 is 5.32 Å². The average molecular weight is 295 g/mol. The van der Waals surface area contributed by atoms with Crippen LogP contribution in [0.25, 0.3) is 0 Å². The van der Waals surface area contributed by atoms with Crippen molar-refractivity contribution in [3.63, 3.8) is 0 Å². The van der Waals surface area contributed by atoms with Gasteiger partial charge in [-0.15, -0.1) is 0 Å². The van der Waals surface area contributed by atoms with Gasteiger partial charge in [0.2, 0.25) is 0 Å². The number of nitrogens with one attached hydrogen (secondary N) is 1. The molecule has 0 aliphatic heterocycles. The summed E-state index contributed by atoms with van der Waals surface area (Å²) >= 11 is 2.01. The molecule has 0 fully saturated rings. The standard InChI is InChI=1S/C17H29NOS/c1-4-7-15-8-10-16(11-9-15)17(18-5-2)14-20-13-6-12-19-3/h8-11,17-18H,4-7,12-14H2,1-3H3. The molecule has 0 heterocycles. The topological polar surface area (TPSA) is 21.3 Å². The van der Waals surface area contributed by atoms with Crippen molar-refractivity contribution in [1.29, 1.82) is 0 Å². The molecular weight excluding hydrogens is 266 g/mol. The first-order valence-corrected chi connectivity index (χ1v) is 8.86. The van der Waals surface area contributed by atoms with E-state index < -0.39 is 0 Å². The van der Waals surface area contributed by atoms with Gasteiger partial charge < -0.3 is 10.1 Å². The SMILES string of the molecule is CCCc1ccc(C(CSCCCOC)NCC)cc1. The van der Waals surface area contributed by atoms with Gasteiger partial charge >= 0.3 is 0 Å². The zero-order valence-electron chi connectivity index (χ0n) is 13.2. The summed E-state index contributed by atoms with van der Waals surface area (Å²) in [6, 6.07) is 9.59. The van der Waals surface area contributed by atoms with Crippen LogP contribution in [0.5, 0.6) is 0 Å². The molecule has 0 amide bonds. The Balaban J connectivity index is 2.47. The number of rotatable bonds is 11. The number of methoxy groups -OCH3 is 1. The van der Waals surface area contributed by atoms with Gasteiger partial charge in [0.05, 0.1) is 0 Å². The minimum atomic E-state index is 0.461. The summed E-state index contributed by atoms with van der Waals surface area (Å²) in [5.41, 5.74) is 2.85. The molecule has 1 N–H and O–H groups in total. The Labute approximate surface area is 128 Å². The fraction of sp³-hybridized carbons (Fsp3) is 0.647. The predicted octanol–water partition coefficient (Wildman–Crippen LogP) is 4.06. The van der Waals surface area contributed by atoms with E-state index in [1.165, 1.54) is 29.7 Å². The second-order valence-electron chi connectivity index (χ2n) is 5.02. The van der Waals surface area contributed by atoms with E-state index in [0.29, 0.717) is 6.04 Å². The van der Waals surface area contributed by atoms with Gasteiger partial charge in [-0.3, -0.25) is 0 Å². The van der Waals surface area contributed by atoms with Crippen molar-refractivity contribution in [3.8, 4) is 0 Å². The Morgan fingerprint density at radius 1 is 1.20 bits per heavy atom. The van der Waals surface area contributed by atoms with Gasteiger partial charge in [0.1, 0.15) is 0 Å². The Hall–Kier alpha value is -0.510. The van der Waals surface area contributed by atoms with Crippen LogP contribution in [0, 0.1) is 0 Å². The summed E-state index contributed by atoms with van der Waals surface area (Å²) in [5.74, 6) is 2.30. The monoisotopic (exact) mass is 295 g/mol. The fourth-order valence-electron chi connectivity index (χ4n) is 2.23. The first kappa shape index (κ1) is 17.5. The van der Waals surface area contributed by atoms with Gasteiger partial charge in [-0.2, -0.15) is 11.8 Å². The molecule has 0 bridgehead atoms. The van der Waals surface area contributed by atoms with E-state index >= 15 is 0 Å². The Kier molecular flexibility index (Phi) is 9.81. The van der Waals surface area contributed by atoms with E-state index in [9.17, 15) is 0 Å². The summed E-state index contributed by atoms with van der Waals surface area (Å²) in [4.78, 5) is 0. The first-order chi connectivity index (χ1) is 9.81. The second-order valence-corrected chi connectivity index (χ2v) is 6.17. The summed E-state index contributed by atoms with van der Waals surface area (Å²) in [5, 5.41) is 3.59. The maximum Gasteiger partial charge on any atom is 0.0470 e. The van der Waals surface area contributed by atoms with Crippen molar-refractivity contribution in [2.45, 2.75) is 39.2 Å². The number of benzene rings is 1. The summed E-state index contributed by atoms with van der Waals surface area (Å²) < 4.78 is 5.09. The van der Waals surface area contributed by atoms with E-state index in [1.807, 2.05) is 11.8 Å². The second kappa shape index (κ2) is 11.2. The molecule has 0 aliphatic carbocycles. The predicted molar refractivity (Wildman–Crippen MR) is 90.7 cm³/mol. The molecule has 0 saturated carbocycles. The maximum absolute atomic E-state index is 5.09. The molecule has 0 saturated heterocycles. The quantitative estimate of drug-likeness (QED) is 0.622. The van der Waals surface area contributed by atoms with Crippen LogP contribution in [0.2, 0.25) is 0 Å². The highest BCUT2D eigenvalue weighted by atomic mass is 32.2. The van der Waals surface area contributed by atoms with Crippen molar-refractivity contribution >= 4 is 11.8 Å². The Bertz CT molecular complexity index is 339. The van der Waals surface area contributed by atoms with Crippen molar-refractivity contribution in [2.24, 2.45) is 0 Å². The van der Waals surface area contributed by atoms with E-state index in [1.54, 1.807) is 7.11 Å². The molecule has 1 atom stereocenters. The maximum atomic E-state index is 5.09. The van der Waals surface area contributed by atoms with Crippen molar-refractivity contribution in [3.05, 3.63) is 35.4 Å². The Morgan fingerprint density at radius 3 is 2.55 bits per heavy atom. The van der Waals surface area contributed by atoms with E-state index in [0.717, 1.165) is 25.3 Å². The molecule has 0 radical (unpaired) electrons. The minimum absolute atomic E-state index is 0.461. The summed E-state index contributed by atoms with van der Waals surface area (Å²) in [6.07, 6.45) is 3.53. The smallest absolute Gasteiger partial charge is 0.0470 e. The van der Waals surface area contributed by atoms with Crippen LogP contribution in [-0.4, -0.2) is 31.8 Å². The average Bonchev–Trinajstić information content (AvgIpc) is 2.47. The lowest BCUT2D eigenvalue weighted by molar-refractivity contribution is 0.200. The first-order valence-electron chi connectivity index (χ1n) is 7.70. The summed E-state index contributed by atoms with van der Waals surface area (Å²) in [6.45, 7) is 6.28. The van der Waals surface area contributed by atoms with E-state index in [-0.39, 0.29) is 0 Å². The highest BCUT2D eigenvalue weighted by Crippen LogP contribution is 2.20. The number of ether oxygens (including phenoxy) is 1. The molecule has 2 nitrogen and oxygen atoms in total. The zero-order valence-corrected chi connectivity index (χ0v) is 14.0. The van der Waals surface area contributed by atoms with Crippen LogP contribution in [0.4, 0.5) is 0 Å². The normalized spacial score (nSPS) is 12.6. The minimum Gasteiger partial charge on any atom is -0.385 e. The molecular formula is C17H29NOS. The van der Waals surface area contributed by atoms with Crippen LogP contribution in [0.3, 0.4) is 0 Å². The van der Waals surface area contributed by atoms with Gasteiger partial charge in [-0.1, -0.05) is 44.5 Å². The highest BCUT2D eigenvalue weighted by Gasteiger charge is 2.10. The molecule has 1 unspecified atom stereocenters. The van der Waals surface area contributed by atoms with Crippen LogP contribution in [0.1, 0.15) is 43.9 Å². The number of hydrogen-bond acceptors (Lipinski definition) is 3. The lowest BCUT2D eigenvalue weighted by Gasteiger charge is -2.18. The Morgan fingerprint density at radius 2 is 1.95 bits per heavy atom. The summed E-state index contributed by atoms with van der Waals surface area (Å²) in [7, 11) is 1.77. The molecule has 114 valence electrons. The van der Waals surface area contributed by atoms with E-state index in [2.05, 4.69) is 43.4 Å². The molecule has 1 aromatic carbocycles. The van der Waals surface area contributed by atoms with Crippen LogP contribution in [-0.2, 0) is 11.2 Å². The third kappa shape index (κ3) is 6.78. The van der Waals surface area contributed by atoms with E-state index in [4.69, 9.17) is 4.74 Å². The lowest BCUT2D eigenvalue weighted by Crippen LogP contribution is -2.23. The molecule has 3 heteroatoms. The zero-order chi connectivity index (χ0) is 14.6. The molecule has 0 aromatic heterocycles. The van der Waals surface area contributed by atoms with Crippen molar-refractivity contribution < 1.29 is 4.74 Å². The fourth-order valence-corrected chi connectivity index (χ4v) is 3.27. The van der Waals surface area contributed by atoms with Gasteiger partial charge in [0.15, 0.2) is 0 Å².